The maximum atomic E-state index is 12.5. The Kier molecular flexibility index (Phi) is 5.66. The molecule has 1 aromatic carbocycles. The van der Waals surface area contributed by atoms with Crippen molar-refractivity contribution in [2.75, 3.05) is 30.5 Å². The fourth-order valence-electron chi connectivity index (χ4n) is 2.88. The minimum atomic E-state index is -0.709. The number of ether oxygens (including phenoxy) is 1. The van der Waals surface area contributed by atoms with E-state index in [2.05, 4.69) is 15.9 Å². The number of benzene rings is 1. The van der Waals surface area contributed by atoms with Crippen LogP contribution in [-0.2, 0) is 14.3 Å². The third kappa shape index (κ3) is 3.85. The molecule has 1 aliphatic heterocycles. The van der Waals surface area contributed by atoms with Crippen LogP contribution < -0.4 is 9.80 Å². The molecule has 0 spiro atoms. The molecule has 2 heterocycles. The smallest absolute Gasteiger partial charge is 0.331 e. The highest BCUT2D eigenvalue weighted by molar-refractivity contribution is 9.10. The summed E-state index contributed by atoms with van der Waals surface area (Å²) < 4.78 is 10.7. The number of fused-ring (bicyclic) bond motifs is 1. The summed E-state index contributed by atoms with van der Waals surface area (Å²) in [5.41, 5.74) is 1.68. The van der Waals surface area contributed by atoms with Gasteiger partial charge in [0, 0.05) is 20.2 Å². The van der Waals surface area contributed by atoms with Gasteiger partial charge in [-0.15, -0.1) is 0 Å². The molecule has 2 aromatic rings. The number of esters is 1. The molecule has 0 bridgehead atoms. The molecule has 28 heavy (non-hydrogen) atoms. The highest BCUT2D eigenvalue weighted by Crippen LogP contribution is 2.40. The standard InChI is InChI=1S/C20H16BrN3O4/c1-23-15-5-3-4-6-16(15)24(2)20(23)14(11-22)17(25)12-27-19(26)10-8-13-7-9-18(21)28-13/h3-10H,12H2,1-2H3/b10-8+. The fourth-order valence-corrected chi connectivity index (χ4v) is 3.20. The first-order valence-electron chi connectivity index (χ1n) is 8.26. The van der Waals surface area contributed by atoms with Gasteiger partial charge in [-0.3, -0.25) is 4.79 Å². The molecule has 0 fully saturated rings. The van der Waals surface area contributed by atoms with Crippen molar-refractivity contribution < 1.29 is 18.7 Å². The number of para-hydroxylation sites is 2. The highest BCUT2D eigenvalue weighted by atomic mass is 79.9. The molecule has 0 amide bonds. The van der Waals surface area contributed by atoms with Crippen LogP contribution in [-0.4, -0.2) is 32.5 Å². The van der Waals surface area contributed by atoms with Gasteiger partial charge in [-0.05, 0) is 46.3 Å². The maximum Gasteiger partial charge on any atom is 0.331 e. The first-order valence-corrected chi connectivity index (χ1v) is 9.06. The van der Waals surface area contributed by atoms with Crippen molar-refractivity contribution in [3.63, 3.8) is 0 Å². The summed E-state index contributed by atoms with van der Waals surface area (Å²) in [5, 5.41) is 9.54. The number of nitrogens with zero attached hydrogens (tertiary/aromatic N) is 3. The van der Waals surface area contributed by atoms with Gasteiger partial charge in [-0.2, -0.15) is 5.26 Å². The van der Waals surface area contributed by atoms with Crippen molar-refractivity contribution in [1.82, 2.24) is 0 Å². The van der Waals surface area contributed by atoms with E-state index in [0.717, 1.165) is 17.5 Å². The third-order valence-corrected chi connectivity index (χ3v) is 4.60. The first kappa shape index (κ1) is 19.5. The Morgan fingerprint density at radius 3 is 2.36 bits per heavy atom. The Hall–Kier alpha value is -3.31. The van der Waals surface area contributed by atoms with Gasteiger partial charge in [0.2, 0.25) is 5.78 Å². The molecule has 142 valence electrons. The monoisotopic (exact) mass is 441 g/mol. The zero-order chi connectivity index (χ0) is 20.3. The Bertz CT molecular complexity index is 1000. The van der Waals surface area contributed by atoms with Crippen molar-refractivity contribution in [2.24, 2.45) is 0 Å². The van der Waals surface area contributed by atoms with Crippen molar-refractivity contribution in [2.45, 2.75) is 0 Å². The minimum absolute atomic E-state index is 0.0760. The summed E-state index contributed by atoms with van der Waals surface area (Å²) in [6.45, 7) is -0.532. The molecule has 1 aliphatic rings. The Balaban J connectivity index is 1.71. The van der Waals surface area contributed by atoms with Gasteiger partial charge in [0.05, 0.1) is 11.4 Å². The Morgan fingerprint density at radius 2 is 1.82 bits per heavy atom. The second kappa shape index (κ2) is 8.15. The molecule has 0 aliphatic carbocycles. The molecule has 0 radical (unpaired) electrons. The van der Waals surface area contributed by atoms with Crippen LogP contribution in [0, 0.1) is 11.3 Å². The highest BCUT2D eigenvalue weighted by Gasteiger charge is 2.31. The minimum Gasteiger partial charge on any atom is -0.454 e. The SMILES string of the molecule is CN1C(=C(C#N)C(=O)COC(=O)/C=C/c2ccc(Br)o2)N(C)c2ccccc21. The number of carbonyl (C=O) groups is 2. The second-order valence-corrected chi connectivity index (χ2v) is 6.70. The van der Waals surface area contributed by atoms with Gasteiger partial charge in [-0.1, -0.05) is 12.1 Å². The summed E-state index contributed by atoms with van der Waals surface area (Å²) in [4.78, 5) is 27.9. The first-order chi connectivity index (χ1) is 13.4. The zero-order valence-electron chi connectivity index (χ0n) is 15.2. The van der Waals surface area contributed by atoms with Gasteiger partial charge in [-0.25, -0.2) is 4.79 Å². The van der Waals surface area contributed by atoms with Crippen molar-refractivity contribution in [3.05, 3.63) is 64.3 Å². The number of nitriles is 1. The number of carbonyl (C=O) groups excluding carboxylic acids is 2. The average molecular weight is 442 g/mol. The van der Waals surface area contributed by atoms with Gasteiger partial charge < -0.3 is 19.0 Å². The van der Waals surface area contributed by atoms with E-state index in [1.54, 1.807) is 36.0 Å². The van der Waals surface area contributed by atoms with Gasteiger partial charge in [0.15, 0.2) is 11.3 Å². The number of Topliss-reactive ketones (excluding diaryl/α,β-unsaturated/α-hetero) is 1. The zero-order valence-corrected chi connectivity index (χ0v) is 16.8. The summed E-state index contributed by atoms with van der Waals surface area (Å²) in [7, 11) is 3.55. The topological polar surface area (TPSA) is 86.8 Å². The van der Waals surface area contributed by atoms with Crippen LogP contribution in [0.5, 0.6) is 0 Å². The van der Waals surface area contributed by atoms with Crippen LogP contribution >= 0.6 is 15.9 Å². The molecule has 0 saturated heterocycles. The lowest BCUT2D eigenvalue weighted by molar-refractivity contribution is -0.141. The molecule has 0 saturated carbocycles. The summed E-state index contributed by atoms with van der Waals surface area (Å²) in [5.74, 6) is -0.381. The lowest BCUT2D eigenvalue weighted by atomic mass is 10.2. The van der Waals surface area contributed by atoms with Crippen LogP contribution in [0.1, 0.15) is 5.76 Å². The number of furan rings is 1. The fraction of sp³-hybridized carbons (Fsp3) is 0.150. The van der Waals surface area contributed by atoms with E-state index in [4.69, 9.17) is 9.15 Å². The number of ketones is 1. The van der Waals surface area contributed by atoms with Crippen LogP contribution in [0.4, 0.5) is 11.4 Å². The van der Waals surface area contributed by atoms with Crippen LogP contribution in [0.25, 0.3) is 6.08 Å². The van der Waals surface area contributed by atoms with E-state index in [-0.39, 0.29) is 5.57 Å². The lowest BCUT2D eigenvalue weighted by Crippen LogP contribution is -2.27. The maximum absolute atomic E-state index is 12.5. The summed E-state index contributed by atoms with van der Waals surface area (Å²) in [6, 6.07) is 12.9. The van der Waals surface area contributed by atoms with Gasteiger partial charge >= 0.3 is 5.97 Å². The largest absolute Gasteiger partial charge is 0.454 e. The van der Waals surface area contributed by atoms with E-state index in [1.165, 1.54) is 6.08 Å². The number of anilines is 2. The average Bonchev–Trinajstić information content (AvgIpc) is 3.22. The van der Waals surface area contributed by atoms with Gasteiger partial charge in [0.25, 0.3) is 0 Å². The molecule has 0 atom stereocenters. The van der Waals surface area contributed by atoms with E-state index in [0.29, 0.717) is 16.3 Å². The molecule has 3 rings (SSSR count). The molecule has 0 N–H and O–H groups in total. The molecular formula is C20H16BrN3O4. The number of hydrogen-bond donors (Lipinski definition) is 0. The van der Waals surface area contributed by atoms with E-state index >= 15 is 0 Å². The predicted molar refractivity (Wildman–Crippen MR) is 107 cm³/mol. The quantitative estimate of drug-likeness (QED) is 0.398. The van der Waals surface area contributed by atoms with E-state index in [9.17, 15) is 14.9 Å². The van der Waals surface area contributed by atoms with Crippen molar-refractivity contribution in [3.8, 4) is 6.07 Å². The van der Waals surface area contributed by atoms with Crippen LogP contribution in [0.15, 0.2) is 63.0 Å². The van der Waals surface area contributed by atoms with Gasteiger partial charge in [0.1, 0.15) is 23.2 Å². The van der Waals surface area contributed by atoms with Crippen molar-refractivity contribution >= 4 is 45.1 Å². The van der Waals surface area contributed by atoms with Crippen LogP contribution in [0.2, 0.25) is 0 Å². The summed E-state index contributed by atoms with van der Waals surface area (Å²) in [6.07, 6.45) is 2.58. The van der Waals surface area contributed by atoms with E-state index in [1.807, 2.05) is 30.3 Å². The molecule has 8 heteroatoms. The van der Waals surface area contributed by atoms with Crippen molar-refractivity contribution in [1.29, 1.82) is 5.26 Å². The number of hydrogen-bond acceptors (Lipinski definition) is 7. The van der Waals surface area contributed by atoms with Crippen LogP contribution in [0.3, 0.4) is 0 Å². The van der Waals surface area contributed by atoms with E-state index < -0.39 is 18.4 Å². The molecule has 0 unspecified atom stereocenters. The third-order valence-electron chi connectivity index (χ3n) is 4.18. The molecule has 7 nitrogen and oxygen atoms in total. The Labute approximate surface area is 170 Å². The number of halogens is 1. The lowest BCUT2D eigenvalue weighted by Gasteiger charge is -2.19. The molecular weight excluding hydrogens is 426 g/mol. The normalized spacial score (nSPS) is 12.9. The number of rotatable bonds is 5. The Morgan fingerprint density at radius 1 is 1.18 bits per heavy atom. The predicted octanol–water partition coefficient (Wildman–Crippen LogP) is 3.49. The summed E-state index contributed by atoms with van der Waals surface area (Å²) >= 11 is 3.16. The molecule has 1 aromatic heterocycles. The second-order valence-electron chi connectivity index (χ2n) is 5.92.